The van der Waals surface area contributed by atoms with Crippen LogP contribution in [-0.2, 0) is 0 Å². The van der Waals surface area contributed by atoms with Crippen LogP contribution in [0.15, 0.2) is 47.4 Å². The smallest absolute Gasteiger partial charge is 0.00999 e. The van der Waals surface area contributed by atoms with E-state index in [2.05, 4.69) is 73.4 Å². The maximum absolute atomic E-state index is 2.33. The topological polar surface area (TPSA) is 0 Å². The fourth-order valence-electron chi connectivity index (χ4n) is 1.68. The molecule has 0 spiro atoms. The van der Waals surface area contributed by atoms with Gasteiger partial charge in [0.15, 0.2) is 0 Å². The SMILES string of the molecule is CS(C)(C)c1ccc2/c(c1)=C\C=C/C=C\C=2. The van der Waals surface area contributed by atoms with Crippen LogP contribution in [0, 0.1) is 0 Å². The molecule has 0 saturated heterocycles. The number of hydrogen-bond donors (Lipinski definition) is 0. The molecule has 0 N–H and O–H groups in total. The highest BCUT2D eigenvalue weighted by molar-refractivity contribution is 8.32. The Morgan fingerprint density at radius 3 is 2.00 bits per heavy atom. The summed E-state index contributed by atoms with van der Waals surface area (Å²) in [5.41, 5.74) is 0. The van der Waals surface area contributed by atoms with Gasteiger partial charge in [0.1, 0.15) is 0 Å². The highest BCUT2D eigenvalue weighted by Gasteiger charge is 2.06. The van der Waals surface area contributed by atoms with Crippen molar-refractivity contribution in [2.75, 3.05) is 18.8 Å². The first-order chi connectivity index (χ1) is 7.57. The normalized spacial score (nSPS) is 23.7. The average Bonchev–Trinajstić information content (AvgIpc) is 2.16. The van der Waals surface area contributed by atoms with Crippen LogP contribution in [0.1, 0.15) is 0 Å². The third-order valence-corrected chi connectivity index (χ3v) is 4.32. The third kappa shape index (κ3) is 2.48. The summed E-state index contributed by atoms with van der Waals surface area (Å²) in [6.45, 7) is 0. The largest absolute Gasteiger partial charge is 0.223 e. The van der Waals surface area contributed by atoms with Gasteiger partial charge in [-0.05, 0) is 46.2 Å². The van der Waals surface area contributed by atoms with E-state index >= 15 is 0 Å². The molecule has 0 atom stereocenters. The van der Waals surface area contributed by atoms with E-state index in [1.807, 2.05) is 0 Å². The van der Waals surface area contributed by atoms with E-state index < -0.39 is 10.0 Å². The number of rotatable bonds is 1. The molecule has 0 nitrogen and oxygen atoms in total. The van der Waals surface area contributed by atoms with E-state index in [4.69, 9.17) is 0 Å². The van der Waals surface area contributed by atoms with Gasteiger partial charge in [-0.25, -0.2) is 10.0 Å². The highest BCUT2D eigenvalue weighted by atomic mass is 32.3. The Morgan fingerprint density at radius 2 is 1.38 bits per heavy atom. The van der Waals surface area contributed by atoms with Gasteiger partial charge in [-0.2, -0.15) is 0 Å². The molecule has 0 bridgehead atoms. The zero-order valence-electron chi connectivity index (χ0n) is 10.1. The van der Waals surface area contributed by atoms with Crippen molar-refractivity contribution < 1.29 is 0 Å². The second-order valence-electron chi connectivity index (χ2n) is 4.73. The van der Waals surface area contributed by atoms with Crippen LogP contribution in [0.3, 0.4) is 0 Å². The number of allylic oxidation sites excluding steroid dienone is 4. The third-order valence-electron chi connectivity index (χ3n) is 2.65. The van der Waals surface area contributed by atoms with Gasteiger partial charge < -0.3 is 0 Å². The van der Waals surface area contributed by atoms with Crippen LogP contribution < -0.4 is 10.4 Å². The molecule has 0 aromatic heterocycles. The summed E-state index contributed by atoms with van der Waals surface area (Å²) in [6.07, 6.45) is 19.7. The zero-order valence-corrected chi connectivity index (χ0v) is 10.9. The van der Waals surface area contributed by atoms with E-state index in [-0.39, 0.29) is 0 Å². The Hall–Kier alpha value is -1.21. The molecule has 16 heavy (non-hydrogen) atoms. The lowest BCUT2D eigenvalue weighted by Crippen LogP contribution is -2.24. The fraction of sp³-hybridized carbons (Fsp3) is 0.200. The molecule has 2 rings (SSSR count). The lowest BCUT2D eigenvalue weighted by Gasteiger charge is -2.25. The molecule has 0 amide bonds. The minimum Gasteiger partial charge on any atom is -0.223 e. The summed E-state index contributed by atoms with van der Waals surface area (Å²) in [5, 5.41) is 2.62. The van der Waals surface area contributed by atoms with Crippen LogP contribution in [0.4, 0.5) is 0 Å². The molecule has 1 heteroatoms. The molecule has 1 aliphatic carbocycles. The summed E-state index contributed by atoms with van der Waals surface area (Å²) >= 11 is 0. The second kappa shape index (κ2) is 4.34. The van der Waals surface area contributed by atoms with Gasteiger partial charge in [0.05, 0.1) is 0 Å². The summed E-state index contributed by atoms with van der Waals surface area (Å²) in [5.74, 6) is 0. The van der Waals surface area contributed by atoms with Crippen LogP contribution in [-0.4, -0.2) is 18.8 Å². The molecular weight excluding hydrogens is 212 g/mol. The molecule has 0 unspecified atom stereocenters. The molecule has 1 aromatic carbocycles. The van der Waals surface area contributed by atoms with Crippen LogP contribution >= 0.6 is 10.0 Å². The van der Waals surface area contributed by atoms with Gasteiger partial charge in [-0.1, -0.05) is 42.5 Å². The van der Waals surface area contributed by atoms with Crippen molar-refractivity contribution >= 4 is 22.2 Å². The Labute approximate surface area is 99.0 Å². The van der Waals surface area contributed by atoms with Crippen LogP contribution in [0.25, 0.3) is 12.2 Å². The molecule has 0 saturated carbocycles. The van der Waals surface area contributed by atoms with Crippen molar-refractivity contribution in [3.8, 4) is 0 Å². The molecule has 84 valence electrons. The van der Waals surface area contributed by atoms with Crippen LogP contribution in [0.2, 0.25) is 0 Å². The predicted molar refractivity (Wildman–Crippen MR) is 76.5 cm³/mol. The Balaban J connectivity index is 2.67. The van der Waals surface area contributed by atoms with Gasteiger partial charge in [-0.15, -0.1) is 0 Å². The van der Waals surface area contributed by atoms with Crippen LogP contribution in [0.5, 0.6) is 0 Å². The number of benzene rings is 1. The van der Waals surface area contributed by atoms with Crippen molar-refractivity contribution in [1.29, 1.82) is 0 Å². The van der Waals surface area contributed by atoms with Crippen molar-refractivity contribution in [3.63, 3.8) is 0 Å². The van der Waals surface area contributed by atoms with Crippen molar-refractivity contribution in [1.82, 2.24) is 0 Å². The van der Waals surface area contributed by atoms with E-state index in [0.29, 0.717) is 0 Å². The zero-order chi connectivity index (χ0) is 11.6. The van der Waals surface area contributed by atoms with Crippen molar-refractivity contribution in [2.24, 2.45) is 0 Å². The van der Waals surface area contributed by atoms with Crippen molar-refractivity contribution in [3.05, 3.63) is 52.9 Å². The van der Waals surface area contributed by atoms with Gasteiger partial charge in [-0.3, -0.25) is 0 Å². The molecule has 0 aliphatic heterocycles. The Kier molecular flexibility index (Phi) is 3.06. The van der Waals surface area contributed by atoms with Gasteiger partial charge >= 0.3 is 0 Å². The fourth-order valence-corrected chi connectivity index (χ4v) is 2.63. The second-order valence-corrected chi connectivity index (χ2v) is 8.88. The average molecular weight is 230 g/mol. The monoisotopic (exact) mass is 230 g/mol. The first kappa shape index (κ1) is 11.3. The van der Waals surface area contributed by atoms with Gasteiger partial charge in [0, 0.05) is 0 Å². The molecule has 0 heterocycles. The maximum Gasteiger partial charge on any atom is -0.00999 e. The van der Waals surface area contributed by atoms with E-state index in [1.165, 1.54) is 15.3 Å². The standard InChI is InChI=1S/C15H18S/c1-16(2,3)15-11-10-13-8-6-4-5-7-9-14(13)12-15/h4-12H,1-3H3/b5-4?,6-4-,7-5-,8-6?,9-7?,13-8-,14-9-. The van der Waals surface area contributed by atoms with Gasteiger partial charge in [0.2, 0.25) is 0 Å². The number of fused-ring (bicyclic) bond motifs is 1. The summed E-state index contributed by atoms with van der Waals surface area (Å²) < 4.78 is 0. The summed E-state index contributed by atoms with van der Waals surface area (Å²) in [6, 6.07) is 6.81. The molecule has 1 aromatic rings. The lowest BCUT2D eigenvalue weighted by atomic mass is 10.2. The highest BCUT2D eigenvalue weighted by Crippen LogP contribution is 2.43. The maximum atomic E-state index is 2.33. The van der Waals surface area contributed by atoms with E-state index in [9.17, 15) is 0 Å². The minimum absolute atomic E-state index is 0.633. The minimum atomic E-state index is -0.633. The molecular formula is C15H18S. The van der Waals surface area contributed by atoms with E-state index in [1.54, 1.807) is 0 Å². The Bertz CT molecular complexity index is 554. The Morgan fingerprint density at radius 1 is 0.750 bits per heavy atom. The quantitative estimate of drug-likeness (QED) is 0.695. The lowest BCUT2D eigenvalue weighted by molar-refractivity contribution is 1.36. The predicted octanol–water partition coefficient (Wildman–Crippen LogP) is 2.43. The first-order valence-corrected chi connectivity index (χ1v) is 8.27. The van der Waals surface area contributed by atoms with Gasteiger partial charge in [0.25, 0.3) is 0 Å². The summed E-state index contributed by atoms with van der Waals surface area (Å²) in [4.78, 5) is 1.47. The van der Waals surface area contributed by atoms with E-state index in [0.717, 1.165) is 0 Å². The van der Waals surface area contributed by atoms with Crippen molar-refractivity contribution in [2.45, 2.75) is 4.90 Å². The number of hydrogen-bond acceptors (Lipinski definition) is 0. The molecule has 0 radical (unpaired) electrons. The first-order valence-electron chi connectivity index (χ1n) is 5.41. The summed E-state index contributed by atoms with van der Waals surface area (Å²) in [7, 11) is -0.633. The molecule has 0 fully saturated rings. The molecule has 1 aliphatic rings.